The average molecular weight is 389 g/mol. The van der Waals surface area contributed by atoms with Crippen molar-refractivity contribution in [1.82, 2.24) is 9.78 Å². The second-order valence-electron chi connectivity index (χ2n) is 4.42. The fourth-order valence-corrected chi connectivity index (χ4v) is 2.54. The molecular formula is C12H4Cl2F6N4. The molecule has 0 aliphatic carbocycles. The normalized spacial score (nSPS) is 12.3. The van der Waals surface area contributed by atoms with Gasteiger partial charge in [-0.05, 0) is 12.1 Å². The van der Waals surface area contributed by atoms with Gasteiger partial charge in [0.1, 0.15) is 23.1 Å². The van der Waals surface area contributed by atoms with Gasteiger partial charge < -0.3 is 5.73 Å². The van der Waals surface area contributed by atoms with E-state index < -0.39 is 50.7 Å². The smallest absolute Gasteiger partial charge is 0.383 e. The Balaban J connectivity index is 2.76. The number of nitrogens with zero attached hydrogens (tertiary/aromatic N) is 3. The van der Waals surface area contributed by atoms with E-state index in [-0.39, 0.29) is 0 Å². The number of halogens is 8. The third-order valence-corrected chi connectivity index (χ3v) is 3.44. The molecule has 2 aromatic rings. The molecular weight excluding hydrogens is 385 g/mol. The third kappa shape index (κ3) is 3.09. The molecule has 0 spiro atoms. The third-order valence-electron chi connectivity index (χ3n) is 2.87. The largest absolute Gasteiger partial charge is 0.422 e. The number of benzene rings is 1. The maximum absolute atomic E-state index is 12.9. The number of aromatic nitrogens is 2. The van der Waals surface area contributed by atoms with Crippen LogP contribution in [-0.2, 0) is 12.4 Å². The summed E-state index contributed by atoms with van der Waals surface area (Å²) >= 11 is 11.4. The average Bonchev–Trinajstić information content (AvgIpc) is 2.74. The van der Waals surface area contributed by atoms with E-state index in [0.717, 1.165) is 0 Å². The Morgan fingerprint density at radius 2 is 1.54 bits per heavy atom. The Hall–Kier alpha value is -2.12. The van der Waals surface area contributed by atoms with E-state index in [1.165, 1.54) is 6.07 Å². The van der Waals surface area contributed by atoms with Crippen molar-refractivity contribution < 1.29 is 26.3 Å². The first-order valence-electron chi connectivity index (χ1n) is 5.80. The molecule has 1 aromatic heterocycles. The van der Waals surface area contributed by atoms with Crippen LogP contribution >= 0.6 is 23.2 Å². The van der Waals surface area contributed by atoms with E-state index in [9.17, 15) is 26.3 Å². The number of anilines is 1. The minimum atomic E-state index is -5.00. The van der Waals surface area contributed by atoms with Crippen molar-refractivity contribution in [3.63, 3.8) is 0 Å². The van der Waals surface area contributed by atoms with Gasteiger partial charge in [0.05, 0.1) is 15.6 Å². The molecule has 0 aliphatic heterocycles. The van der Waals surface area contributed by atoms with E-state index in [0.29, 0.717) is 16.8 Å². The summed E-state index contributed by atoms with van der Waals surface area (Å²) in [6.45, 7) is 0. The Kier molecular flexibility index (Phi) is 4.37. The highest BCUT2D eigenvalue weighted by molar-refractivity contribution is 6.38. The zero-order valence-electron chi connectivity index (χ0n) is 11.1. The Bertz CT molecular complexity index is 824. The lowest BCUT2D eigenvalue weighted by atomic mass is 10.2. The van der Waals surface area contributed by atoms with Crippen LogP contribution in [0.25, 0.3) is 5.69 Å². The lowest BCUT2D eigenvalue weighted by molar-refractivity contribution is -0.138. The predicted molar refractivity (Wildman–Crippen MR) is 72.7 cm³/mol. The number of nitriles is 1. The standard InChI is InChI=1S/C12H4Cl2F6N4/c13-5-1-4(11(15,16)17)2-6(14)9(5)24-10(22)8(12(18,19)20)7(3-21)23-24/h1-2H,22H2. The second-order valence-corrected chi connectivity index (χ2v) is 5.23. The maximum Gasteiger partial charge on any atom is 0.422 e. The summed E-state index contributed by atoms with van der Waals surface area (Å²) in [6.07, 6.45) is -9.77. The maximum atomic E-state index is 12.9. The van der Waals surface area contributed by atoms with Gasteiger partial charge in [0, 0.05) is 0 Å². The van der Waals surface area contributed by atoms with Gasteiger partial charge >= 0.3 is 12.4 Å². The molecule has 0 fully saturated rings. The van der Waals surface area contributed by atoms with Gasteiger partial charge in [-0.25, -0.2) is 4.68 Å². The summed E-state index contributed by atoms with van der Waals surface area (Å²) in [7, 11) is 0. The van der Waals surface area contributed by atoms with Crippen molar-refractivity contribution in [3.05, 3.63) is 39.0 Å². The fourth-order valence-electron chi connectivity index (χ4n) is 1.89. The molecule has 0 aliphatic rings. The van der Waals surface area contributed by atoms with Crippen LogP contribution in [0.3, 0.4) is 0 Å². The van der Waals surface area contributed by atoms with Crippen molar-refractivity contribution in [2.45, 2.75) is 12.4 Å². The first-order chi connectivity index (χ1) is 10.9. The molecule has 0 amide bonds. The number of nitrogens with two attached hydrogens (primary N) is 1. The van der Waals surface area contributed by atoms with Gasteiger partial charge in [0.15, 0.2) is 5.69 Å². The molecule has 24 heavy (non-hydrogen) atoms. The second kappa shape index (κ2) is 5.75. The quantitative estimate of drug-likeness (QED) is 0.721. The van der Waals surface area contributed by atoms with E-state index >= 15 is 0 Å². The molecule has 0 unspecified atom stereocenters. The van der Waals surface area contributed by atoms with Gasteiger partial charge in [-0.3, -0.25) is 0 Å². The molecule has 0 atom stereocenters. The Morgan fingerprint density at radius 3 is 1.88 bits per heavy atom. The summed E-state index contributed by atoms with van der Waals surface area (Å²) < 4.78 is 77.3. The molecule has 0 bridgehead atoms. The molecule has 1 aromatic carbocycles. The highest BCUT2D eigenvalue weighted by atomic mass is 35.5. The molecule has 2 rings (SSSR count). The number of alkyl halides is 6. The first kappa shape index (κ1) is 18.2. The zero-order chi connectivity index (χ0) is 18.4. The number of nitrogen functional groups attached to an aromatic ring is 1. The van der Waals surface area contributed by atoms with Gasteiger partial charge in [0.2, 0.25) is 0 Å². The lowest BCUT2D eigenvalue weighted by Crippen LogP contribution is -2.11. The van der Waals surface area contributed by atoms with Crippen LogP contribution in [0.2, 0.25) is 10.0 Å². The molecule has 0 saturated carbocycles. The minimum Gasteiger partial charge on any atom is -0.383 e. The van der Waals surface area contributed by atoms with E-state index in [4.69, 9.17) is 34.2 Å². The SMILES string of the molecule is N#Cc1nn(-c2c(Cl)cc(C(F)(F)F)cc2Cl)c(N)c1C(F)(F)F. The summed E-state index contributed by atoms with van der Waals surface area (Å²) in [6, 6.07) is 2.13. The summed E-state index contributed by atoms with van der Waals surface area (Å²) in [5, 5.41) is 10.8. The molecule has 0 radical (unpaired) electrons. The zero-order valence-corrected chi connectivity index (χ0v) is 12.6. The summed E-state index contributed by atoms with van der Waals surface area (Å²) in [4.78, 5) is 0. The van der Waals surface area contributed by atoms with Crippen molar-refractivity contribution in [1.29, 1.82) is 5.26 Å². The topological polar surface area (TPSA) is 67.6 Å². The number of rotatable bonds is 1. The van der Waals surface area contributed by atoms with Crippen molar-refractivity contribution >= 4 is 29.0 Å². The van der Waals surface area contributed by atoms with E-state index in [1.54, 1.807) is 0 Å². The van der Waals surface area contributed by atoms with E-state index in [2.05, 4.69) is 5.10 Å². The highest BCUT2D eigenvalue weighted by Gasteiger charge is 2.40. The minimum absolute atomic E-state index is 0.381. The Labute approximate surface area is 140 Å². The summed E-state index contributed by atoms with van der Waals surface area (Å²) in [5.74, 6) is -1.03. The molecule has 0 saturated heterocycles. The van der Waals surface area contributed by atoms with Crippen LogP contribution in [0, 0.1) is 11.3 Å². The van der Waals surface area contributed by atoms with Crippen LogP contribution in [0.1, 0.15) is 16.8 Å². The monoisotopic (exact) mass is 388 g/mol. The van der Waals surface area contributed by atoms with Crippen LogP contribution in [0.5, 0.6) is 0 Å². The van der Waals surface area contributed by atoms with Gasteiger partial charge in [-0.2, -0.15) is 36.7 Å². The van der Waals surface area contributed by atoms with Crippen LogP contribution < -0.4 is 5.73 Å². The fraction of sp³-hybridized carbons (Fsp3) is 0.167. The molecule has 1 heterocycles. The highest BCUT2D eigenvalue weighted by Crippen LogP contribution is 2.41. The van der Waals surface area contributed by atoms with E-state index in [1.807, 2.05) is 0 Å². The van der Waals surface area contributed by atoms with Crippen molar-refractivity contribution in [3.8, 4) is 11.8 Å². The molecule has 12 heteroatoms. The van der Waals surface area contributed by atoms with Crippen molar-refractivity contribution in [2.75, 3.05) is 5.73 Å². The van der Waals surface area contributed by atoms with Crippen LogP contribution in [0.15, 0.2) is 12.1 Å². The Morgan fingerprint density at radius 1 is 1.04 bits per heavy atom. The van der Waals surface area contributed by atoms with Crippen LogP contribution in [0.4, 0.5) is 32.2 Å². The molecule has 4 nitrogen and oxygen atoms in total. The number of hydrogen-bond donors (Lipinski definition) is 1. The van der Waals surface area contributed by atoms with Gasteiger partial charge in [-0.1, -0.05) is 23.2 Å². The number of hydrogen-bond acceptors (Lipinski definition) is 3. The molecule has 2 N–H and O–H groups in total. The van der Waals surface area contributed by atoms with Gasteiger partial charge in [0.25, 0.3) is 0 Å². The van der Waals surface area contributed by atoms with Crippen molar-refractivity contribution in [2.24, 2.45) is 0 Å². The first-order valence-corrected chi connectivity index (χ1v) is 6.56. The lowest BCUT2D eigenvalue weighted by Gasteiger charge is -2.13. The van der Waals surface area contributed by atoms with Crippen LogP contribution in [-0.4, -0.2) is 9.78 Å². The van der Waals surface area contributed by atoms with Gasteiger partial charge in [-0.15, -0.1) is 0 Å². The summed E-state index contributed by atoms with van der Waals surface area (Å²) in [5.41, 5.74) is 1.05. The predicted octanol–water partition coefficient (Wildman–Crippen LogP) is 4.67. The molecule has 128 valence electrons.